The van der Waals surface area contributed by atoms with Crippen molar-refractivity contribution >= 4 is 58.1 Å². The number of nitrogens with one attached hydrogen (secondary N) is 3. The van der Waals surface area contributed by atoms with Crippen LogP contribution < -0.4 is 10.6 Å². The van der Waals surface area contributed by atoms with E-state index in [9.17, 15) is 9.59 Å². The fraction of sp³-hybridized carbons (Fsp3) is 0.536. The molecule has 2 atom stereocenters. The molecular formula is C28H37Cl2N5O4S. The molecular weight excluding hydrogens is 573 g/mol. The van der Waals surface area contributed by atoms with Gasteiger partial charge in [-0.15, -0.1) is 23.7 Å². The highest BCUT2D eigenvalue weighted by molar-refractivity contribution is 7.13. The van der Waals surface area contributed by atoms with E-state index in [4.69, 9.17) is 21.1 Å². The van der Waals surface area contributed by atoms with Crippen molar-refractivity contribution in [2.75, 3.05) is 34.0 Å². The molecule has 2 aromatic heterocycles. The third-order valence-electron chi connectivity index (χ3n) is 7.84. The van der Waals surface area contributed by atoms with Crippen LogP contribution in [0, 0.1) is 5.41 Å². The van der Waals surface area contributed by atoms with Gasteiger partial charge in [-0.3, -0.25) is 14.5 Å². The Morgan fingerprint density at radius 2 is 1.82 bits per heavy atom. The first-order chi connectivity index (χ1) is 18.7. The van der Waals surface area contributed by atoms with Gasteiger partial charge in [-0.25, -0.2) is 4.98 Å². The number of hydrogen-bond donors (Lipinski definition) is 3. The van der Waals surface area contributed by atoms with Crippen LogP contribution in [0.1, 0.15) is 57.6 Å². The van der Waals surface area contributed by atoms with Gasteiger partial charge in [0.15, 0.2) is 5.01 Å². The Labute approximate surface area is 249 Å². The zero-order valence-electron chi connectivity index (χ0n) is 23.2. The van der Waals surface area contributed by atoms with Crippen LogP contribution in [-0.2, 0) is 22.4 Å². The van der Waals surface area contributed by atoms with Crippen molar-refractivity contribution in [2.24, 2.45) is 5.41 Å². The van der Waals surface area contributed by atoms with E-state index in [1.165, 1.54) is 11.3 Å². The number of aromatic nitrogens is 2. The van der Waals surface area contributed by atoms with Gasteiger partial charge in [-0.05, 0) is 51.0 Å². The highest BCUT2D eigenvalue weighted by atomic mass is 35.5. The van der Waals surface area contributed by atoms with Crippen molar-refractivity contribution in [2.45, 2.75) is 57.8 Å². The number of halogens is 2. The van der Waals surface area contributed by atoms with Gasteiger partial charge in [0.1, 0.15) is 5.69 Å². The normalized spacial score (nSPS) is 20.4. The van der Waals surface area contributed by atoms with Crippen LogP contribution in [0.2, 0.25) is 5.02 Å². The van der Waals surface area contributed by atoms with E-state index in [1.807, 2.05) is 12.1 Å². The molecule has 3 heterocycles. The van der Waals surface area contributed by atoms with E-state index in [0.717, 1.165) is 41.0 Å². The van der Waals surface area contributed by atoms with Gasteiger partial charge in [0.25, 0.3) is 11.8 Å². The van der Waals surface area contributed by atoms with Crippen LogP contribution in [0.15, 0.2) is 24.3 Å². The average Bonchev–Trinajstić information content (AvgIpc) is 3.59. The number of carbonyl (C=O) groups is 2. The molecule has 0 radical (unpaired) electrons. The van der Waals surface area contributed by atoms with E-state index in [-0.39, 0.29) is 41.7 Å². The van der Waals surface area contributed by atoms with Crippen molar-refractivity contribution in [3.8, 4) is 0 Å². The summed E-state index contributed by atoms with van der Waals surface area (Å²) >= 11 is 7.59. The molecule has 218 valence electrons. The monoisotopic (exact) mass is 609 g/mol. The molecule has 1 aliphatic heterocycles. The maximum atomic E-state index is 13.4. The van der Waals surface area contributed by atoms with Crippen LogP contribution in [-0.4, -0.2) is 78.8 Å². The summed E-state index contributed by atoms with van der Waals surface area (Å²) in [5.74, 6) is -0.448. The minimum atomic E-state index is -0.340. The smallest absolute Gasteiger partial charge is 0.280 e. The standard InChI is InChI=1S/C28H36ClN5O4S.ClH/c1-16(2)34-8-7-20-24(13-34)39-27(33-20)26(36)32-23-12-28(14-37-3,15-38-4)11-22(23)31-25(35)21-10-17-9-18(29)5-6-19(17)30-21;/h5-6,9-10,16,22-23,30H,7-8,11-15H2,1-4H3,(H,31,35)(H,32,36);1H/t22-,23-;/m1./s1. The molecule has 2 aliphatic rings. The summed E-state index contributed by atoms with van der Waals surface area (Å²) < 4.78 is 11.1. The Bertz CT molecular complexity index is 1350. The molecule has 3 N–H and O–H groups in total. The fourth-order valence-electron chi connectivity index (χ4n) is 5.95. The van der Waals surface area contributed by atoms with Gasteiger partial charge in [0, 0.05) is 66.0 Å². The number of fused-ring (bicyclic) bond motifs is 2. The van der Waals surface area contributed by atoms with E-state index in [1.54, 1.807) is 26.4 Å². The lowest BCUT2D eigenvalue weighted by Crippen LogP contribution is -2.48. The molecule has 0 unspecified atom stereocenters. The van der Waals surface area contributed by atoms with E-state index in [0.29, 0.717) is 47.8 Å². The van der Waals surface area contributed by atoms with Crippen LogP contribution in [0.25, 0.3) is 10.9 Å². The maximum absolute atomic E-state index is 13.4. The molecule has 1 aromatic carbocycles. The maximum Gasteiger partial charge on any atom is 0.280 e. The lowest BCUT2D eigenvalue weighted by molar-refractivity contribution is 0.0120. The second-order valence-electron chi connectivity index (χ2n) is 11.1. The lowest BCUT2D eigenvalue weighted by atomic mass is 9.87. The number of carbonyl (C=O) groups excluding carboxylic acids is 2. The molecule has 1 fully saturated rings. The average molecular weight is 611 g/mol. The van der Waals surface area contributed by atoms with Gasteiger partial charge in [-0.1, -0.05) is 11.6 Å². The molecule has 2 amide bonds. The number of amides is 2. The summed E-state index contributed by atoms with van der Waals surface area (Å²) in [7, 11) is 3.32. The molecule has 0 saturated heterocycles. The molecule has 12 heteroatoms. The Hall–Kier alpha value is -2.21. The number of aromatic amines is 1. The van der Waals surface area contributed by atoms with Gasteiger partial charge < -0.3 is 25.1 Å². The van der Waals surface area contributed by atoms with Crippen molar-refractivity contribution < 1.29 is 19.1 Å². The zero-order chi connectivity index (χ0) is 27.7. The topological polar surface area (TPSA) is 109 Å². The number of methoxy groups -OCH3 is 2. The second kappa shape index (κ2) is 12.8. The Balaban J connectivity index is 0.00000370. The molecule has 5 rings (SSSR count). The molecule has 0 spiro atoms. The Morgan fingerprint density at radius 3 is 2.48 bits per heavy atom. The minimum Gasteiger partial charge on any atom is -0.384 e. The first kappa shape index (κ1) is 30.7. The minimum absolute atomic E-state index is 0. The zero-order valence-corrected chi connectivity index (χ0v) is 25.6. The summed E-state index contributed by atoms with van der Waals surface area (Å²) in [5.41, 5.74) is 1.95. The van der Waals surface area contributed by atoms with Gasteiger partial charge >= 0.3 is 0 Å². The summed E-state index contributed by atoms with van der Waals surface area (Å²) in [6.07, 6.45) is 2.06. The number of rotatable bonds is 9. The van der Waals surface area contributed by atoms with E-state index < -0.39 is 0 Å². The number of ether oxygens (including phenoxy) is 2. The molecule has 1 aliphatic carbocycles. The van der Waals surface area contributed by atoms with Gasteiger partial charge in [0.2, 0.25) is 0 Å². The van der Waals surface area contributed by atoms with Crippen LogP contribution in [0.3, 0.4) is 0 Å². The Kier molecular flexibility index (Phi) is 9.80. The molecule has 0 bridgehead atoms. The molecule has 40 heavy (non-hydrogen) atoms. The predicted molar refractivity (Wildman–Crippen MR) is 160 cm³/mol. The van der Waals surface area contributed by atoms with Crippen LogP contribution >= 0.6 is 35.3 Å². The van der Waals surface area contributed by atoms with Gasteiger partial charge in [0.05, 0.1) is 31.0 Å². The van der Waals surface area contributed by atoms with Crippen molar-refractivity contribution in [3.05, 3.63) is 50.6 Å². The summed E-state index contributed by atoms with van der Waals surface area (Å²) in [4.78, 5) is 38.2. The first-order valence-electron chi connectivity index (χ1n) is 13.3. The quantitative estimate of drug-likeness (QED) is 0.331. The second-order valence-corrected chi connectivity index (χ2v) is 12.6. The molecule has 1 saturated carbocycles. The third kappa shape index (κ3) is 6.48. The summed E-state index contributed by atoms with van der Waals surface area (Å²) in [5, 5.41) is 8.30. The number of H-pyrrole nitrogens is 1. The predicted octanol–water partition coefficient (Wildman–Crippen LogP) is 4.44. The highest BCUT2D eigenvalue weighted by Crippen LogP contribution is 2.40. The Morgan fingerprint density at radius 1 is 1.15 bits per heavy atom. The molecule has 3 aromatic rings. The SMILES string of the molecule is COCC1(COC)C[C@@H](NC(=O)c2cc3cc(Cl)ccc3[nH]2)[C@H](NC(=O)c2nc3c(s2)CN(C(C)C)CC3)C1.Cl. The number of nitrogens with zero attached hydrogens (tertiary/aromatic N) is 2. The van der Waals surface area contributed by atoms with E-state index >= 15 is 0 Å². The number of benzene rings is 1. The largest absolute Gasteiger partial charge is 0.384 e. The number of thiazole rings is 1. The third-order valence-corrected chi connectivity index (χ3v) is 9.15. The number of hydrogen-bond acceptors (Lipinski definition) is 7. The van der Waals surface area contributed by atoms with E-state index in [2.05, 4.69) is 39.3 Å². The highest BCUT2D eigenvalue weighted by Gasteiger charge is 2.47. The van der Waals surface area contributed by atoms with Gasteiger partial charge in [-0.2, -0.15) is 0 Å². The molecule has 9 nitrogen and oxygen atoms in total. The first-order valence-corrected chi connectivity index (χ1v) is 14.5. The van der Waals surface area contributed by atoms with Crippen LogP contribution in [0.5, 0.6) is 0 Å². The van der Waals surface area contributed by atoms with Crippen molar-refractivity contribution in [1.82, 2.24) is 25.5 Å². The summed E-state index contributed by atoms with van der Waals surface area (Å²) in [6, 6.07) is 7.07. The lowest BCUT2D eigenvalue weighted by Gasteiger charge is -2.29. The summed E-state index contributed by atoms with van der Waals surface area (Å²) in [6.45, 7) is 7.06. The van der Waals surface area contributed by atoms with Crippen LogP contribution in [0.4, 0.5) is 0 Å². The fourth-order valence-corrected chi connectivity index (χ4v) is 7.17. The van der Waals surface area contributed by atoms with Crippen molar-refractivity contribution in [1.29, 1.82) is 0 Å². The van der Waals surface area contributed by atoms with Crippen molar-refractivity contribution in [3.63, 3.8) is 0 Å².